The van der Waals surface area contributed by atoms with Crippen molar-refractivity contribution in [1.29, 1.82) is 5.26 Å². The maximum Gasteiger partial charge on any atom is 0.236 e. The predicted molar refractivity (Wildman–Crippen MR) is 144 cm³/mol. The molecule has 0 spiro atoms. The van der Waals surface area contributed by atoms with E-state index < -0.39 is 15.4 Å². The van der Waals surface area contributed by atoms with Gasteiger partial charge in [-0.2, -0.15) is 5.26 Å². The van der Waals surface area contributed by atoms with Gasteiger partial charge in [-0.25, -0.2) is 8.42 Å². The van der Waals surface area contributed by atoms with Gasteiger partial charge in [-0.3, -0.25) is 9.21 Å². The summed E-state index contributed by atoms with van der Waals surface area (Å²) in [5.74, 6) is 0.443. The van der Waals surface area contributed by atoms with Crippen LogP contribution in [0.4, 0.5) is 5.69 Å². The Bertz CT molecular complexity index is 1100. The van der Waals surface area contributed by atoms with Crippen molar-refractivity contribution in [2.75, 3.05) is 55.9 Å². The van der Waals surface area contributed by atoms with Crippen molar-refractivity contribution in [3.63, 3.8) is 0 Å². The molecule has 1 unspecified atom stereocenters. The van der Waals surface area contributed by atoms with E-state index in [1.54, 1.807) is 15.6 Å². The number of rotatable bonds is 10. The van der Waals surface area contributed by atoms with E-state index >= 15 is 0 Å². The van der Waals surface area contributed by atoms with Crippen LogP contribution in [-0.4, -0.2) is 69.8 Å². The van der Waals surface area contributed by atoms with Crippen LogP contribution in [-0.2, 0) is 21.9 Å². The minimum atomic E-state index is -3.32. The van der Waals surface area contributed by atoms with Crippen LogP contribution in [0.2, 0.25) is 0 Å². The summed E-state index contributed by atoms with van der Waals surface area (Å²) < 4.78 is 27.9. The molecule has 0 amide bonds. The first-order chi connectivity index (χ1) is 16.9. The molecule has 1 aromatic carbocycles. The van der Waals surface area contributed by atoms with E-state index in [1.165, 1.54) is 4.88 Å². The summed E-state index contributed by atoms with van der Waals surface area (Å²) in [5, 5.41) is 12.1. The smallest absolute Gasteiger partial charge is 0.236 e. The van der Waals surface area contributed by atoms with Gasteiger partial charge in [0.15, 0.2) is 0 Å². The molecule has 0 saturated carbocycles. The fourth-order valence-corrected chi connectivity index (χ4v) is 8.08. The Morgan fingerprint density at radius 2 is 1.74 bits per heavy atom. The molecule has 1 saturated heterocycles. The summed E-state index contributed by atoms with van der Waals surface area (Å²) in [6, 6.07) is 14.7. The average molecular weight is 515 g/mol. The topological polar surface area (TPSA) is 67.6 Å². The van der Waals surface area contributed by atoms with Gasteiger partial charge in [0.1, 0.15) is 0 Å². The van der Waals surface area contributed by atoms with Crippen molar-refractivity contribution in [2.45, 2.75) is 44.9 Å². The summed E-state index contributed by atoms with van der Waals surface area (Å²) in [6.45, 7) is 10.1. The lowest BCUT2D eigenvalue weighted by atomic mass is 9.73. The molecule has 0 radical (unpaired) electrons. The van der Waals surface area contributed by atoms with E-state index in [0.717, 1.165) is 69.7 Å². The van der Waals surface area contributed by atoms with E-state index in [2.05, 4.69) is 41.2 Å². The first-order valence-corrected chi connectivity index (χ1v) is 15.3. The molecule has 0 bridgehead atoms. The van der Waals surface area contributed by atoms with Crippen molar-refractivity contribution >= 4 is 27.0 Å². The van der Waals surface area contributed by atoms with Crippen LogP contribution in [0.25, 0.3) is 0 Å². The van der Waals surface area contributed by atoms with Crippen molar-refractivity contribution < 1.29 is 8.42 Å². The standard InChI is InChI=1S/C27H38N4O2S2/c1-23(2)27(22-28,26-11-6-20-34-26)12-7-13-29-15-17-30(18-16-29)19-21-35(32,33)31-14-5-9-24-8-3-4-10-25(24)31/h3-4,6,8,10-11,20,23H,5,7,9,12-19,21H2,1-2H3. The minimum absolute atomic E-state index is 0.168. The van der Waals surface area contributed by atoms with Gasteiger partial charge < -0.3 is 4.90 Å². The quantitative estimate of drug-likeness (QED) is 0.472. The lowest BCUT2D eigenvalue weighted by Crippen LogP contribution is -2.49. The maximum absolute atomic E-state index is 13.1. The highest BCUT2D eigenvalue weighted by atomic mass is 32.2. The molecule has 35 heavy (non-hydrogen) atoms. The molecule has 2 aliphatic rings. The molecule has 4 rings (SSSR count). The van der Waals surface area contributed by atoms with Crippen LogP contribution < -0.4 is 4.31 Å². The van der Waals surface area contributed by atoms with Gasteiger partial charge in [0.25, 0.3) is 0 Å². The van der Waals surface area contributed by atoms with Gasteiger partial charge >= 0.3 is 0 Å². The average Bonchev–Trinajstić information content (AvgIpc) is 3.41. The highest BCUT2D eigenvalue weighted by molar-refractivity contribution is 7.92. The fraction of sp³-hybridized carbons (Fsp3) is 0.593. The fourth-order valence-electron chi connectivity index (χ4n) is 5.43. The van der Waals surface area contributed by atoms with Gasteiger partial charge in [-0.15, -0.1) is 11.3 Å². The van der Waals surface area contributed by atoms with Crippen LogP contribution in [0.1, 0.15) is 43.6 Å². The van der Waals surface area contributed by atoms with E-state index in [1.807, 2.05) is 30.3 Å². The predicted octanol–water partition coefficient (Wildman–Crippen LogP) is 4.35. The van der Waals surface area contributed by atoms with Gasteiger partial charge in [0, 0.05) is 44.1 Å². The summed E-state index contributed by atoms with van der Waals surface area (Å²) in [4.78, 5) is 5.92. The number of thiophene rings is 1. The number of aryl methyl sites for hydroxylation is 1. The number of hydrogen-bond donors (Lipinski definition) is 0. The zero-order valence-electron chi connectivity index (χ0n) is 21.0. The number of para-hydroxylation sites is 1. The number of nitriles is 1. The van der Waals surface area contributed by atoms with Crippen molar-refractivity contribution in [2.24, 2.45) is 5.92 Å². The summed E-state index contributed by atoms with van der Waals surface area (Å²) in [7, 11) is -3.32. The summed E-state index contributed by atoms with van der Waals surface area (Å²) in [5.41, 5.74) is 1.59. The lowest BCUT2D eigenvalue weighted by molar-refractivity contribution is 0.133. The molecule has 6 nitrogen and oxygen atoms in total. The monoisotopic (exact) mass is 514 g/mol. The maximum atomic E-state index is 13.1. The van der Waals surface area contributed by atoms with Gasteiger partial charge in [-0.1, -0.05) is 38.1 Å². The molecule has 2 aromatic rings. The van der Waals surface area contributed by atoms with E-state index in [0.29, 0.717) is 13.1 Å². The Balaban J connectivity index is 1.24. The van der Waals surface area contributed by atoms with Crippen molar-refractivity contribution in [1.82, 2.24) is 9.80 Å². The SMILES string of the molecule is CC(C)C(C#N)(CCCN1CCN(CCS(=O)(=O)N2CCCc3ccccc32)CC1)c1cccs1. The molecule has 2 aliphatic heterocycles. The molecular formula is C27H38N4O2S2. The van der Waals surface area contributed by atoms with Crippen LogP contribution >= 0.6 is 11.3 Å². The number of hydrogen-bond acceptors (Lipinski definition) is 6. The highest BCUT2D eigenvalue weighted by Gasteiger charge is 2.36. The molecule has 1 fully saturated rings. The molecule has 3 heterocycles. The Hall–Kier alpha value is -1.92. The van der Waals surface area contributed by atoms with Crippen LogP contribution in [0.3, 0.4) is 0 Å². The number of fused-ring (bicyclic) bond motifs is 1. The van der Waals surface area contributed by atoms with Crippen molar-refractivity contribution in [3.8, 4) is 6.07 Å². The Morgan fingerprint density at radius 3 is 2.40 bits per heavy atom. The summed E-state index contributed by atoms with van der Waals surface area (Å²) >= 11 is 1.69. The third-order valence-corrected chi connectivity index (χ3v) is 10.5. The molecule has 0 N–H and O–H groups in total. The van der Waals surface area contributed by atoms with Crippen LogP contribution in [0.5, 0.6) is 0 Å². The second-order valence-electron chi connectivity index (χ2n) is 10.1. The largest absolute Gasteiger partial charge is 0.301 e. The second-order valence-corrected chi connectivity index (χ2v) is 13.1. The number of nitrogens with zero attached hydrogens (tertiary/aromatic N) is 4. The van der Waals surface area contributed by atoms with Crippen molar-refractivity contribution in [3.05, 3.63) is 52.2 Å². The molecule has 1 aromatic heterocycles. The molecule has 8 heteroatoms. The third kappa shape index (κ3) is 5.91. The zero-order chi connectivity index (χ0) is 24.9. The van der Waals surface area contributed by atoms with Gasteiger partial charge in [0.2, 0.25) is 10.0 Å². The van der Waals surface area contributed by atoms with E-state index in [4.69, 9.17) is 0 Å². The van der Waals surface area contributed by atoms with E-state index in [9.17, 15) is 13.7 Å². The molecule has 190 valence electrons. The Kier molecular flexibility index (Phi) is 8.54. The number of anilines is 1. The zero-order valence-corrected chi connectivity index (χ0v) is 22.7. The first-order valence-electron chi connectivity index (χ1n) is 12.8. The Labute approximate surface area is 215 Å². The van der Waals surface area contributed by atoms with Crippen LogP contribution in [0.15, 0.2) is 41.8 Å². The molecule has 1 atom stereocenters. The number of sulfonamides is 1. The number of benzene rings is 1. The molecular weight excluding hydrogens is 476 g/mol. The van der Waals surface area contributed by atoms with Gasteiger partial charge in [0.05, 0.1) is 22.9 Å². The normalized spacial score (nSPS) is 19.3. The summed E-state index contributed by atoms with van der Waals surface area (Å²) in [6.07, 6.45) is 3.69. The minimum Gasteiger partial charge on any atom is -0.301 e. The van der Waals surface area contributed by atoms with Gasteiger partial charge in [-0.05, 0) is 61.2 Å². The Morgan fingerprint density at radius 1 is 1.03 bits per heavy atom. The third-order valence-electron chi connectivity index (χ3n) is 7.73. The second kappa shape index (κ2) is 11.4. The highest BCUT2D eigenvalue weighted by Crippen LogP contribution is 2.39. The number of piperazine rings is 1. The molecule has 0 aliphatic carbocycles. The first kappa shape index (κ1) is 26.2. The lowest BCUT2D eigenvalue weighted by Gasteiger charge is -2.36. The van der Waals surface area contributed by atoms with Crippen LogP contribution in [0, 0.1) is 17.2 Å². The van der Waals surface area contributed by atoms with E-state index in [-0.39, 0.29) is 11.7 Å².